The van der Waals surface area contributed by atoms with Gasteiger partial charge in [0.2, 0.25) is 0 Å². The number of methoxy groups -OCH3 is 1. The number of anilines is 2. The monoisotopic (exact) mass is 436 g/mol. The minimum atomic E-state index is -0.386. The summed E-state index contributed by atoms with van der Waals surface area (Å²) in [4.78, 5) is 22.6. The van der Waals surface area contributed by atoms with E-state index >= 15 is 0 Å². The van der Waals surface area contributed by atoms with Crippen LogP contribution in [0.25, 0.3) is 22.2 Å². The van der Waals surface area contributed by atoms with Crippen LogP contribution in [0.3, 0.4) is 0 Å². The van der Waals surface area contributed by atoms with Crippen molar-refractivity contribution in [1.29, 1.82) is 0 Å². The molecule has 5 aromatic rings. The minimum absolute atomic E-state index is 0.146. The zero-order valence-electron chi connectivity index (χ0n) is 17.8. The van der Waals surface area contributed by atoms with Crippen molar-refractivity contribution in [2.75, 3.05) is 18.2 Å². The summed E-state index contributed by atoms with van der Waals surface area (Å²) in [5, 5.41) is 7.40. The van der Waals surface area contributed by atoms with Gasteiger partial charge in [-0.05, 0) is 42.0 Å². The zero-order valence-corrected chi connectivity index (χ0v) is 17.8. The van der Waals surface area contributed by atoms with Gasteiger partial charge >= 0.3 is 0 Å². The molecule has 2 heterocycles. The summed E-state index contributed by atoms with van der Waals surface area (Å²) in [6.45, 7) is 0. The maximum Gasteiger partial charge on any atom is 0.261 e. The van der Waals surface area contributed by atoms with Crippen molar-refractivity contribution in [3.05, 3.63) is 90.0 Å². The van der Waals surface area contributed by atoms with E-state index in [1.165, 1.54) is 4.68 Å². The van der Waals surface area contributed by atoms with Crippen molar-refractivity contribution >= 4 is 45.8 Å². The third-order valence-electron chi connectivity index (χ3n) is 5.15. The average molecular weight is 436 g/mol. The summed E-state index contributed by atoms with van der Waals surface area (Å²) >= 11 is 0. The normalized spacial score (nSPS) is 11.3. The maximum atomic E-state index is 13.2. The average Bonchev–Trinajstić information content (AvgIpc) is 3.12. The van der Waals surface area contributed by atoms with Gasteiger partial charge in [0.05, 0.1) is 24.4 Å². The van der Waals surface area contributed by atoms with Crippen LogP contribution in [0, 0.1) is 0 Å². The van der Waals surface area contributed by atoms with E-state index in [9.17, 15) is 4.79 Å². The molecule has 3 aromatic carbocycles. The predicted molar refractivity (Wildman–Crippen MR) is 130 cm³/mol. The van der Waals surface area contributed by atoms with Gasteiger partial charge in [0.25, 0.3) is 5.91 Å². The molecule has 0 saturated heterocycles. The first-order valence-corrected chi connectivity index (χ1v) is 10.3. The summed E-state index contributed by atoms with van der Waals surface area (Å²) in [6.07, 6.45) is 1.63. The lowest BCUT2D eigenvalue weighted by Crippen LogP contribution is -2.14. The summed E-state index contributed by atoms with van der Waals surface area (Å²) in [6, 6.07) is 24.0. The highest BCUT2D eigenvalue weighted by Crippen LogP contribution is 2.28. The number of para-hydroxylation sites is 3. The molecule has 0 fully saturated rings. The Morgan fingerprint density at radius 1 is 1.00 bits per heavy atom. The number of hydrogen-bond donors (Lipinski definition) is 2. The number of carbonyl (C=O) groups excluding carboxylic acids is 1. The number of ether oxygens (including phenoxy) is 1. The van der Waals surface area contributed by atoms with Gasteiger partial charge in [-0.3, -0.25) is 4.79 Å². The number of benzene rings is 3. The molecular formula is C25H20N6O2. The number of hydrogen-bond acceptors (Lipinski definition) is 6. The van der Waals surface area contributed by atoms with Gasteiger partial charge in [0.1, 0.15) is 22.6 Å². The Kier molecular flexibility index (Phi) is 5.16. The molecule has 0 atom stereocenters. The molecule has 5 rings (SSSR count). The minimum Gasteiger partial charge on any atom is -0.497 e. The lowest BCUT2D eigenvalue weighted by Gasteiger charge is -2.05. The van der Waals surface area contributed by atoms with Crippen LogP contribution in [0.5, 0.6) is 5.75 Å². The fourth-order valence-corrected chi connectivity index (χ4v) is 3.55. The van der Waals surface area contributed by atoms with Gasteiger partial charge in [-0.15, -0.1) is 0 Å². The first-order valence-electron chi connectivity index (χ1n) is 10.3. The van der Waals surface area contributed by atoms with Crippen LogP contribution in [0.15, 0.2) is 84.0 Å². The smallest absolute Gasteiger partial charge is 0.261 e. The number of rotatable bonds is 5. The van der Waals surface area contributed by atoms with Gasteiger partial charge in [-0.2, -0.15) is 9.78 Å². The third kappa shape index (κ3) is 3.85. The SMILES string of the molecule is COc1cccc(C=Nn2c(N)c(C(=O)Nc3ccccc3)c3nc4ccccc4nc32)c1. The number of nitrogen functional groups attached to an aromatic ring is 1. The molecule has 2 aromatic heterocycles. The molecule has 0 aliphatic carbocycles. The van der Waals surface area contributed by atoms with Crippen LogP contribution in [0.2, 0.25) is 0 Å². The molecule has 0 radical (unpaired) electrons. The lowest BCUT2D eigenvalue weighted by atomic mass is 10.2. The number of carbonyl (C=O) groups is 1. The molecule has 0 saturated carbocycles. The number of nitrogens with zero attached hydrogens (tertiary/aromatic N) is 4. The van der Waals surface area contributed by atoms with Gasteiger partial charge < -0.3 is 15.8 Å². The van der Waals surface area contributed by atoms with Gasteiger partial charge in [-0.25, -0.2) is 9.97 Å². The van der Waals surface area contributed by atoms with E-state index in [0.717, 1.165) is 5.56 Å². The van der Waals surface area contributed by atoms with E-state index in [1.54, 1.807) is 25.5 Å². The molecule has 1 amide bonds. The first kappa shape index (κ1) is 20.2. The molecule has 0 aliphatic rings. The Morgan fingerprint density at radius 3 is 2.48 bits per heavy atom. The Bertz CT molecular complexity index is 1510. The Labute approximate surface area is 189 Å². The van der Waals surface area contributed by atoms with E-state index in [2.05, 4.69) is 15.4 Å². The molecule has 8 heteroatoms. The van der Waals surface area contributed by atoms with Crippen molar-refractivity contribution in [2.24, 2.45) is 5.10 Å². The molecular weight excluding hydrogens is 416 g/mol. The quantitative estimate of drug-likeness (QED) is 0.399. The van der Waals surface area contributed by atoms with Crippen molar-refractivity contribution in [3.63, 3.8) is 0 Å². The predicted octanol–water partition coefficient (Wildman–Crippen LogP) is 4.31. The number of nitrogens with two attached hydrogens (primary N) is 1. The first-order chi connectivity index (χ1) is 16.1. The van der Waals surface area contributed by atoms with E-state index in [4.69, 9.17) is 15.5 Å². The topological polar surface area (TPSA) is 107 Å². The largest absolute Gasteiger partial charge is 0.497 e. The van der Waals surface area contributed by atoms with Crippen molar-refractivity contribution < 1.29 is 9.53 Å². The molecule has 0 unspecified atom stereocenters. The highest BCUT2D eigenvalue weighted by molar-refractivity contribution is 6.16. The number of aromatic nitrogens is 3. The van der Waals surface area contributed by atoms with Crippen LogP contribution < -0.4 is 15.8 Å². The molecule has 0 aliphatic heterocycles. The number of amides is 1. The lowest BCUT2D eigenvalue weighted by molar-refractivity contribution is 0.102. The Hall–Kier alpha value is -4.72. The molecule has 162 valence electrons. The molecule has 0 bridgehead atoms. The molecule has 0 spiro atoms. The summed E-state index contributed by atoms with van der Waals surface area (Å²) in [7, 11) is 1.60. The highest BCUT2D eigenvalue weighted by atomic mass is 16.5. The Morgan fingerprint density at radius 2 is 1.73 bits per heavy atom. The number of fused-ring (bicyclic) bond motifs is 2. The maximum absolute atomic E-state index is 13.2. The Balaban J connectivity index is 1.66. The number of nitrogens with one attached hydrogen (secondary N) is 1. The highest BCUT2D eigenvalue weighted by Gasteiger charge is 2.24. The van der Waals surface area contributed by atoms with Crippen LogP contribution in [-0.2, 0) is 0 Å². The van der Waals surface area contributed by atoms with E-state index in [-0.39, 0.29) is 17.3 Å². The van der Waals surface area contributed by atoms with Gasteiger partial charge in [0, 0.05) is 5.69 Å². The van der Waals surface area contributed by atoms with Gasteiger partial charge in [0.15, 0.2) is 5.65 Å². The zero-order chi connectivity index (χ0) is 22.8. The second kappa shape index (κ2) is 8.43. The fourth-order valence-electron chi connectivity index (χ4n) is 3.55. The second-order valence-electron chi connectivity index (χ2n) is 7.30. The van der Waals surface area contributed by atoms with Crippen LogP contribution in [0.1, 0.15) is 15.9 Å². The summed E-state index contributed by atoms with van der Waals surface area (Å²) in [5.41, 5.74) is 10.2. The molecule has 8 nitrogen and oxygen atoms in total. The molecule has 33 heavy (non-hydrogen) atoms. The third-order valence-corrected chi connectivity index (χ3v) is 5.15. The second-order valence-corrected chi connectivity index (χ2v) is 7.30. The van der Waals surface area contributed by atoms with E-state index in [1.807, 2.05) is 66.7 Å². The van der Waals surface area contributed by atoms with E-state index in [0.29, 0.717) is 33.6 Å². The van der Waals surface area contributed by atoms with Gasteiger partial charge in [-0.1, -0.05) is 42.5 Å². The fraction of sp³-hybridized carbons (Fsp3) is 0.0400. The van der Waals surface area contributed by atoms with Crippen LogP contribution in [-0.4, -0.2) is 33.9 Å². The summed E-state index contributed by atoms with van der Waals surface area (Å²) in [5.74, 6) is 0.467. The summed E-state index contributed by atoms with van der Waals surface area (Å²) < 4.78 is 6.71. The van der Waals surface area contributed by atoms with Crippen LogP contribution >= 0.6 is 0 Å². The van der Waals surface area contributed by atoms with Crippen molar-refractivity contribution in [2.45, 2.75) is 0 Å². The van der Waals surface area contributed by atoms with E-state index < -0.39 is 0 Å². The van der Waals surface area contributed by atoms with Crippen molar-refractivity contribution in [3.8, 4) is 5.75 Å². The molecule has 3 N–H and O–H groups in total. The van der Waals surface area contributed by atoms with Crippen LogP contribution in [0.4, 0.5) is 11.5 Å². The standard InChI is InChI=1S/C25H20N6O2/c1-33-18-11-7-8-16(14-18)15-27-31-23(26)21(25(32)28-17-9-3-2-4-10-17)22-24(31)30-20-13-6-5-12-19(20)29-22/h2-15H,26H2,1H3,(H,28,32). The van der Waals surface area contributed by atoms with Crippen molar-refractivity contribution in [1.82, 2.24) is 14.6 Å².